The summed E-state index contributed by atoms with van der Waals surface area (Å²) < 4.78 is 26.8. The predicted octanol–water partition coefficient (Wildman–Crippen LogP) is 11.4. The highest BCUT2D eigenvalue weighted by Gasteiger charge is 2.23. The van der Waals surface area contributed by atoms with Gasteiger partial charge in [-0.1, -0.05) is 140 Å². The molecular weight excluding hydrogens is 677 g/mol. The van der Waals surface area contributed by atoms with Gasteiger partial charge < -0.3 is 20.1 Å². The molecule has 0 aliphatic carbocycles. The number of hydrogen-bond donors (Lipinski definition) is 3. The number of aliphatic hydroxyl groups is 1. The van der Waals surface area contributed by atoms with Crippen LogP contribution in [0.3, 0.4) is 0 Å². The highest BCUT2D eigenvalue weighted by Crippen LogP contribution is 2.42. The Kier molecular flexibility index (Phi) is 37.6. The maximum absolute atomic E-state index is 12.1. The molecule has 304 valence electrons. The Morgan fingerprint density at radius 3 is 1.56 bits per heavy atom. The van der Waals surface area contributed by atoms with E-state index in [0.29, 0.717) is 6.42 Å². The third-order valence-corrected chi connectivity index (χ3v) is 9.78. The second kappa shape index (κ2) is 38.9. The SMILES string of the molecule is CCCCCC/C=C\C/C=C\CCCCCCCCCC(=O)NCCOP(=O)(O)OCC(O)COC(=O)CCCCCCC/C=C\CCCCCC. The molecular formula is C42H78NO8P. The minimum absolute atomic E-state index is 0.0763. The fourth-order valence-corrected chi connectivity index (χ4v) is 6.34. The molecule has 3 N–H and O–H groups in total. The number of hydrogen-bond acceptors (Lipinski definition) is 7. The van der Waals surface area contributed by atoms with Gasteiger partial charge in [-0.25, -0.2) is 4.57 Å². The Morgan fingerprint density at radius 1 is 0.596 bits per heavy atom. The molecule has 52 heavy (non-hydrogen) atoms. The Balaban J connectivity index is 3.62. The predicted molar refractivity (Wildman–Crippen MR) is 215 cm³/mol. The standard InChI is InChI=1S/C42H78NO8P/c1-3-5-7-9-11-13-15-17-18-19-20-21-23-24-26-28-30-32-34-41(45)43-36-37-50-52(47,48)51-39-40(44)38-49-42(46)35-33-31-29-27-25-22-16-14-12-10-8-6-4-2/h13-16,18-19,40,44H,3-12,17,20-39H2,1-2H3,(H,43,45)(H,47,48)/b15-13-,16-14-,19-18-. The van der Waals surface area contributed by atoms with E-state index in [0.717, 1.165) is 70.6 Å². The van der Waals surface area contributed by atoms with Crippen LogP contribution in [0.2, 0.25) is 0 Å². The highest BCUT2D eigenvalue weighted by atomic mass is 31.2. The molecule has 0 saturated carbocycles. The lowest BCUT2D eigenvalue weighted by molar-refractivity contribution is -0.147. The van der Waals surface area contributed by atoms with Crippen molar-refractivity contribution in [3.63, 3.8) is 0 Å². The molecule has 1 amide bonds. The quantitative estimate of drug-likeness (QED) is 0.0244. The van der Waals surface area contributed by atoms with Crippen LogP contribution in [0.5, 0.6) is 0 Å². The number of carbonyl (C=O) groups excluding carboxylic acids is 2. The monoisotopic (exact) mass is 756 g/mol. The van der Waals surface area contributed by atoms with E-state index >= 15 is 0 Å². The second-order valence-electron chi connectivity index (χ2n) is 14.0. The van der Waals surface area contributed by atoms with Crippen molar-refractivity contribution in [1.82, 2.24) is 5.32 Å². The molecule has 0 fully saturated rings. The maximum atomic E-state index is 12.1. The molecule has 0 bridgehead atoms. The van der Waals surface area contributed by atoms with E-state index in [4.69, 9.17) is 13.8 Å². The number of esters is 1. The zero-order valence-corrected chi connectivity index (χ0v) is 34.1. The van der Waals surface area contributed by atoms with Gasteiger partial charge in [0.25, 0.3) is 0 Å². The van der Waals surface area contributed by atoms with E-state index < -0.39 is 26.5 Å². The number of phosphoric acid groups is 1. The molecule has 0 rings (SSSR count). The summed E-state index contributed by atoms with van der Waals surface area (Å²) in [6.07, 6.45) is 42.1. The van der Waals surface area contributed by atoms with Crippen molar-refractivity contribution in [2.45, 2.75) is 193 Å². The number of carbonyl (C=O) groups is 2. The molecule has 2 atom stereocenters. The van der Waals surface area contributed by atoms with Crippen LogP contribution < -0.4 is 5.32 Å². The van der Waals surface area contributed by atoms with Crippen LogP contribution >= 0.6 is 7.82 Å². The first kappa shape index (κ1) is 50.2. The van der Waals surface area contributed by atoms with Crippen LogP contribution in [0.25, 0.3) is 0 Å². The summed E-state index contributed by atoms with van der Waals surface area (Å²) in [5, 5.41) is 12.7. The first-order chi connectivity index (χ1) is 25.3. The number of unbranched alkanes of at least 4 members (excludes halogenated alkanes) is 20. The van der Waals surface area contributed by atoms with E-state index in [1.165, 1.54) is 89.9 Å². The lowest BCUT2D eigenvalue weighted by atomic mass is 10.1. The molecule has 0 aromatic carbocycles. The average molecular weight is 756 g/mol. The number of aliphatic hydroxyl groups excluding tert-OH is 1. The van der Waals surface area contributed by atoms with Crippen molar-refractivity contribution in [3.8, 4) is 0 Å². The molecule has 0 aliphatic heterocycles. The Morgan fingerprint density at radius 2 is 1.04 bits per heavy atom. The van der Waals surface area contributed by atoms with Gasteiger partial charge in [-0.15, -0.1) is 0 Å². The molecule has 0 aromatic rings. The first-order valence-electron chi connectivity index (χ1n) is 21.0. The number of allylic oxidation sites excluding steroid dienone is 6. The van der Waals surface area contributed by atoms with Gasteiger partial charge in [0.15, 0.2) is 0 Å². The van der Waals surface area contributed by atoms with Crippen molar-refractivity contribution in [2.75, 3.05) is 26.4 Å². The number of ether oxygens (including phenoxy) is 1. The Hall–Kier alpha value is -1.77. The van der Waals surface area contributed by atoms with Gasteiger partial charge in [-0.2, -0.15) is 0 Å². The van der Waals surface area contributed by atoms with Crippen molar-refractivity contribution < 1.29 is 37.9 Å². The molecule has 9 nitrogen and oxygen atoms in total. The van der Waals surface area contributed by atoms with E-state index in [1.807, 2.05) is 0 Å². The number of phosphoric ester groups is 1. The fraction of sp³-hybridized carbons (Fsp3) is 0.810. The first-order valence-corrected chi connectivity index (χ1v) is 22.5. The summed E-state index contributed by atoms with van der Waals surface area (Å²) in [5.41, 5.74) is 0. The third kappa shape index (κ3) is 39.4. The van der Waals surface area contributed by atoms with Crippen molar-refractivity contribution in [2.24, 2.45) is 0 Å². The average Bonchev–Trinajstić information content (AvgIpc) is 3.13. The van der Waals surface area contributed by atoms with E-state index in [1.54, 1.807) is 0 Å². The number of amides is 1. The Bertz CT molecular complexity index is 954. The largest absolute Gasteiger partial charge is 0.472 e. The molecule has 0 saturated heterocycles. The van der Waals surface area contributed by atoms with Gasteiger partial charge in [0.1, 0.15) is 12.7 Å². The van der Waals surface area contributed by atoms with Gasteiger partial charge in [0.2, 0.25) is 5.91 Å². The Labute approximate surface area is 318 Å². The third-order valence-electron chi connectivity index (χ3n) is 8.79. The van der Waals surface area contributed by atoms with E-state index in [-0.39, 0.29) is 32.1 Å². The normalized spacial score (nSPS) is 13.7. The summed E-state index contributed by atoms with van der Waals surface area (Å²) in [4.78, 5) is 33.8. The van der Waals surface area contributed by atoms with Crippen LogP contribution in [0.4, 0.5) is 0 Å². The second-order valence-corrected chi connectivity index (χ2v) is 15.4. The van der Waals surface area contributed by atoms with Gasteiger partial charge in [-0.05, 0) is 70.6 Å². The van der Waals surface area contributed by atoms with Crippen LogP contribution in [0.15, 0.2) is 36.5 Å². The zero-order chi connectivity index (χ0) is 38.2. The summed E-state index contributed by atoms with van der Waals surface area (Å²) >= 11 is 0. The van der Waals surface area contributed by atoms with Crippen LogP contribution in [-0.4, -0.2) is 54.3 Å². The van der Waals surface area contributed by atoms with Crippen molar-refractivity contribution in [3.05, 3.63) is 36.5 Å². The zero-order valence-electron chi connectivity index (χ0n) is 33.3. The minimum atomic E-state index is -4.42. The van der Waals surface area contributed by atoms with Crippen molar-refractivity contribution >= 4 is 19.7 Å². The minimum Gasteiger partial charge on any atom is -0.463 e. The summed E-state index contributed by atoms with van der Waals surface area (Å²) in [5.74, 6) is -0.533. The highest BCUT2D eigenvalue weighted by molar-refractivity contribution is 7.47. The number of nitrogens with one attached hydrogen (secondary N) is 1. The number of rotatable bonds is 39. The van der Waals surface area contributed by atoms with Gasteiger partial charge in [0.05, 0.1) is 13.2 Å². The molecule has 0 heterocycles. The lowest BCUT2D eigenvalue weighted by Gasteiger charge is -2.15. The summed E-state index contributed by atoms with van der Waals surface area (Å²) in [6, 6.07) is 0. The van der Waals surface area contributed by atoms with Crippen LogP contribution in [0, 0.1) is 0 Å². The van der Waals surface area contributed by atoms with E-state index in [2.05, 4.69) is 55.6 Å². The molecule has 2 unspecified atom stereocenters. The fourth-order valence-electron chi connectivity index (χ4n) is 5.58. The van der Waals surface area contributed by atoms with Gasteiger partial charge in [-0.3, -0.25) is 18.6 Å². The topological polar surface area (TPSA) is 131 Å². The van der Waals surface area contributed by atoms with Gasteiger partial charge >= 0.3 is 13.8 Å². The van der Waals surface area contributed by atoms with Crippen LogP contribution in [-0.2, 0) is 27.9 Å². The van der Waals surface area contributed by atoms with Crippen LogP contribution in [0.1, 0.15) is 187 Å². The van der Waals surface area contributed by atoms with Gasteiger partial charge in [0, 0.05) is 19.4 Å². The van der Waals surface area contributed by atoms with E-state index in [9.17, 15) is 24.2 Å². The maximum Gasteiger partial charge on any atom is 0.472 e. The molecule has 0 aliphatic rings. The molecule has 10 heteroatoms. The molecule has 0 aromatic heterocycles. The molecule has 0 spiro atoms. The summed E-state index contributed by atoms with van der Waals surface area (Å²) in [6.45, 7) is 3.50. The molecule has 0 radical (unpaired) electrons. The smallest absolute Gasteiger partial charge is 0.463 e. The lowest BCUT2D eigenvalue weighted by Crippen LogP contribution is -2.27. The summed E-state index contributed by atoms with van der Waals surface area (Å²) in [7, 11) is -4.42. The van der Waals surface area contributed by atoms with Crippen molar-refractivity contribution in [1.29, 1.82) is 0 Å².